The molecule has 0 spiro atoms. The highest BCUT2D eigenvalue weighted by Gasteiger charge is 2.09. The molecular weight excluding hydrogens is 538 g/mol. The van der Waals surface area contributed by atoms with Crippen molar-refractivity contribution in [1.82, 2.24) is 5.43 Å². The number of rotatable bonds is 7. The molecule has 0 bridgehead atoms. The second-order valence-corrected chi connectivity index (χ2v) is 8.75. The normalized spacial score (nSPS) is 10.8. The number of carbonyl (C=O) groups excluding carboxylic acids is 2. The third kappa shape index (κ3) is 6.51. The van der Waals surface area contributed by atoms with Crippen LogP contribution in [0.2, 0.25) is 0 Å². The Kier molecular flexibility index (Phi) is 8.19. The standard InChI is InChI=1S/C24H21Br2N3O3/c1-15-4-3-5-21(16(15)2)28-23(30)14-32-22-11-6-17(12-20(22)26)13-27-29-24(31)18-7-9-19(25)10-8-18/h3-13H,14H2,1-2H3,(H,28,30)(H,29,31)/b27-13+. The highest BCUT2D eigenvalue weighted by atomic mass is 79.9. The van der Waals surface area contributed by atoms with Crippen molar-refractivity contribution in [3.05, 3.63) is 91.9 Å². The van der Waals surface area contributed by atoms with Crippen molar-refractivity contribution in [1.29, 1.82) is 0 Å². The number of aryl methyl sites for hydroxylation is 1. The zero-order chi connectivity index (χ0) is 23.1. The highest BCUT2D eigenvalue weighted by Crippen LogP contribution is 2.26. The van der Waals surface area contributed by atoms with Crippen LogP contribution in [0.1, 0.15) is 27.0 Å². The molecule has 3 rings (SSSR count). The van der Waals surface area contributed by atoms with E-state index in [4.69, 9.17) is 4.74 Å². The van der Waals surface area contributed by atoms with Crippen LogP contribution in [0.4, 0.5) is 5.69 Å². The number of hydrogen-bond acceptors (Lipinski definition) is 4. The average Bonchev–Trinajstić information content (AvgIpc) is 2.77. The Morgan fingerprint density at radius 2 is 1.78 bits per heavy atom. The lowest BCUT2D eigenvalue weighted by molar-refractivity contribution is -0.118. The molecule has 164 valence electrons. The summed E-state index contributed by atoms with van der Waals surface area (Å²) >= 11 is 6.77. The summed E-state index contributed by atoms with van der Waals surface area (Å²) in [5, 5.41) is 6.85. The zero-order valence-corrected chi connectivity index (χ0v) is 20.7. The molecule has 0 heterocycles. The number of hydrogen-bond donors (Lipinski definition) is 2. The van der Waals surface area contributed by atoms with Crippen LogP contribution in [0.15, 0.2) is 74.7 Å². The lowest BCUT2D eigenvalue weighted by atomic mass is 10.1. The molecule has 6 nitrogen and oxygen atoms in total. The smallest absolute Gasteiger partial charge is 0.271 e. The Balaban J connectivity index is 1.53. The molecule has 0 fully saturated rings. The predicted molar refractivity (Wildman–Crippen MR) is 133 cm³/mol. The van der Waals surface area contributed by atoms with E-state index in [0.717, 1.165) is 26.9 Å². The summed E-state index contributed by atoms with van der Waals surface area (Å²) in [5.41, 5.74) is 6.65. The van der Waals surface area contributed by atoms with E-state index in [1.807, 2.05) is 32.0 Å². The molecule has 0 atom stereocenters. The number of amides is 2. The van der Waals surface area contributed by atoms with Gasteiger partial charge in [-0.1, -0.05) is 28.1 Å². The largest absolute Gasteiger partial charge is 0.483 e. The third-order valence-electron chi connectivity index (χ3n) is 4.68. The molecule has 0 saturated heterocycles. The number of hydrazone groups is 1. The fourth-order valence-corrected chi connectivity index (χ4v) is 3.54. The van der Waals surface area contributed by atoms with Gasteiger partial charge in [-0.3, -0.25) is 9.59 Å². The van der Waals surface area contributed by atoms with Gasteiger partial charge in [-0.05, 0) is 95.0 Å². The van der Waals surface area contributed by atoms with Gasteiger partial charge in [-0.15, -0.1) is 0 Å². The van der Waals surface area contributed by atoms with Crippen LogP contribution in [0.5, 0.6) is 5.75 Å². The second-order valence-electron chi connectivity index (χ2n) is 6.98. The average molecular weight is 559 g/mol. The van der Waals surface area contributed by atoms with Crippen LogP contribution in [0.3, 0.4) is 0 Å². The summed E-state index contributed by atoms with van der Waals surface area (Å²) in [4.78, 5) is 24.3. The summed E-state index contributed by atoms with van der Waals surface area (Å²) in [7, 11) is 0. The maximum absolute atomic E-state index is 12.3. The molecule has 0 aliphatic rings. The van der Waals surface area contributed by atoms with Crippen molar-refractivity contribution in [3.8, 4) is 5.75 Å². The number of ether oxygens (including phenoxy) is 1. The van der Waals surface area contributed by atoms with Crippen LogP contribution < -0.4 is 15.5 Å². The summed E-state index contributed by atoms with van der Waals surface area (Å²) < 4.78 is 7.19. The summed E-state index contributed by atoms with van der Waals surface area (Å²) in [5.74, 6) is -0.0216. The number of benzene rings is 3. The highest BCUT2D eigenvalue weighted by molar-refractivity contribution is 9.10. The fraction of sp³-hybridized carbons (Fsp3) is 0.125. The topological polar surface area (TPSA) is 79.8 Å². The van der Waals surface area contributed by atoms with Crippen LogP contribution in [-0.4, -0.2) is 24.6 Å². The predicted octanol–water partition coefficient (Wildman–Crippen LogP) is 5.61. The van der Waals surface area contributed by atoms with Gasteiger partial charge in [0.05, 0.1) is 10.7 Å². The number of anilines is 1. The molecule has 32 heavy (non-hydrogen) atoms. The lowest BCUT2D eigenvalue weighted by Crippen LogP contribution is -2.21. The number of carbonyl (C=O) groups is 2. The molecule has 2 N–H and O–H groups in total. The van der Waals surface area contributed by atoms with E-state index in [0.29, 0.717) is 15.8 Å². The van der Waals surface area contributed by atoms with Crippen molar-refractivity contribution >= 4 is 55.6 Å². The SMILES string of the molecule is Cc1cccc(NC(=O)COc2ccc(/C=N/NC(=O)c3ccc(Br)cc3)cc2Br)c1C. The van der Waals surface area contributed by atoms with Crippen molar-refractivity contribution < 1.29 is 14.3 Å². The molecule has 8 heteroatoms. The monoisotopic (exact) mass is 557 g/mol. The van der Waals surface area contributed by atoms with Crippen molar-refractivity contribution in [2.75, 3.05) is 11.9 Å². The van der Waals surface area contributed by atoms with Crippen LogP contribution >= 0.6 is 31.9 Å². The zero-order valence-electron chi connectivity index (χ0n) is 17.5. The molecule has 0 aliphatic heterocycles. The fourth-order valence-electron chi connectivity index (χ4n) is 2.76. The molecule has 0 aromatic heterocycles. The first-order chi connectivity index (χ1) is 15.3. The molecule has 0 aliphatic carbocycles. The summed E-state index contributed by atoms with van der Waals surface area (Å²) in [6.45, 7) is 3.84. The quantitative estimate of drug-likeness (QED) is 0.292. The Labute approximate surface area is 203 Å². The summed E-state index contributed by atoms with van der Waals surface area (Å²) in [6.07, 6.45) is 1.53. The Bertz CT molecular complexity index is 1160. The molecule has 3 aromatic rings. The van der Waals surface area contributed by atoms with Crippen LogP contribution in [-0.2, 0) is 4.79 Å². The molecule has 0 unspecified atom stereocenters. The van der Waals surface area contributed by atoms with Crippen molar-refractivity contribution in [2.45, 2.75) is 13.8 Å². The third-order valence-corrected chi connectivity index (χ3v) is 5.83. The minimum absolute atomic E-state index is 0.122. The molecule has 0 radical (unpaired) electrons. The van der Waals surface area contributed by atoms with Gasteiger partial charge >= 0.3 is 0 Å². The van der Waals surface area contributed by atoms with Gasteiger partial charge in [0.1, 0.15) is 5.75 Å². The first-order valence-electron chi connectivity index (χ1n) is 9.71. The van der Waals surface area contributed by atoms with E-state index >= 15 is 0 Å². The maximum atomic E-state index is 12.3. The maximum Gasteiger partial charge on any atom is 0.271 e. The van der Waals surface area contributed by atoms with E-state index in [9.17, 15) is 9.59 Å². The van der Waals surface area contributed by atoms with Crippen molar-refractivity contribution in [3.63, 3.8) is 0 Å². The van der Waals surface area contributed by atoms with Gasteiger partial charge in [-0.25, -0.2) is 5.43 Å². The van der Waals surface area contributed by atoms with E-state index in [-0.39, 0.29) is 18.4 Å². The molecular formula is C24H21Br2N3O3. The van der Waals surface area contributed by atoms with Crippen molar-refractivity contribution in [2.24, 2.45) is 5.10 Å². The second kappa shape index (κ2) is 11.1. The van der Waals surface area contributed by atoms with Gasteiger partial charge < -0.3 is 10.1 Å². The Morgan fingerprint density at radius 3 is 2.50 bits per heavy atom. The first-order valence-corrected chi connectivity index (χ1v) is 11.3. The van der Waals surface area contributed by atoms with Gasteiger partial charge in [-0.2, -0.15) is 5.10 Å². The minimum Gasteiger partial charge on any atom is -0.483 e. The van der Waals surface area contributed by atoms with E-state index < -0.39 is 0 Å². The van der Waals surface area contributed by atoms with Gasteiger partial charge in [0, 0.05) is 15.7 Å². The van der Waals surface area contributed by atoms with E-state index in [1.165, 1.54) is 6.21 Å². The van der Waals surface area contributed by atoms with E-state index in [1.54, 1.807) is 42.5 Å². The number of halogens is 2. The number of nitrogens with one attached hydrogen (secondary N) is 2. The molecule has 3 aromatic carbocycles. The Hall–Kier alpha value is -2.97. The van der Waals surface area contributed by atoms with Crippen LogP contribution in [0, 0.1) is 13.8 Å². The minimum atomic E-state index is -0.303. The molecule has 2 amide bonds. The lowest BCUT2D eigenvalue weighted by Gasteiger charge is -2.12. The first kappa shape index (κ1) is 23.7. The van der Waals surface area contributed by atoms with E-state index in [2.05, 4.69) is 47.7 Å². The Morgan fingerprint density at radius 1 is 1.03 bits per heavy atom. The van der Waals surface area contributed by atoms with Gasteiger partial charge in [0.25, 0.3) is 11.8 Å². The van der Waals surface area contributed by atoms with Crippen LogP contribution in [0.25, 0.3) is 0 Å². The summed E-state index contributed by atoms with van der Waals surface area (Å²) in [6, 6.07) is 18.0. The van der Waals surface area contributed by atoms with Gasteiger partial charge in [0.2, 0.25) is 0 Å². The molecule has 0 saturated carbocycles. The van der Waals surface area contributed by atoms with Gasteiger partial charge in [0.15, 0.2) is 6.61 Å². The number of nitrogens with zero attached hydrogens (tertiary/aromatic N) is 1.